The average Bonchev–Trinajstić information content (AvgIpc) is 2.78. The Labute approximate surface area is 104 Å². The van der Waals surface area contributed by atoms with E-state index < -0.39 is 11.0 Å². The van der Waals surface area contributed by atoms with Crippen molar-refractivity contribution in [1.82, 2.24) is 0 Å². The minimum atomic E-state index is -0.669. The molecule has 0 fully saturated rings. The van der Waals surface area contributed by atoms with Crippen LogP contribution in [0.15, 0.2) is 34.7 Å². The number of hydrogen-bond donors (Lipinski definition) is 1. The smallest absolute Gasteiger partial charge is 0.269 e. The van der Waals surface area contributed by atoms with Gasteiger partial charge in [0.1, 0.15) is 17.6 Å². The third-order valence-corrected chi connectivity index (χ3v) is 2.72. The van der Waals surface area contributed by atoms with Crippen molar-refractivity contribution in [3.63, 3.8) is 0 Å². The minimum Gasteiger partial charge on any atom is -0.458 e. The number of benzene rings is 1. The fourth-order valence-electron chi connectivity index (χ4n) is 1.76. The Hall–Kier alpha value is -2.14. The summed E-state index contributed by atoms with van der Waals surface area (Å²) in [7, 11) is 0. The number of furan rings is 1. The zero-order valence-corrected chi connectivity index (χ0v) is 10.1. The summed E-state index contributed by atoms with van der Waals surface area (Å²) >= 11 is 0. The summed E-state index contributed by atoms with van der Waals surface area (Å²) in [4.78, 5) is 10.2. The standard InChI is InChI=1S/C13H13NO4/c1-8-7-10(14(16)17)3-4-11(8)13-6-5-12(18-13)9(2)15/h3-7,9,15H,1-2H3. The van der Waals surface area contributed by atoms with Gasteiger partial charge in [-0.2, -0.15) is 0 Å². The van der Waals surface area contributed by atoms with Crippen molar-refractivity contribution in [2.24, 2.45) is 0 Å². The quantitative estimate of drug-likeness (QED) is 0.667. The van der Waals surface area contributed by atoms with Crippen LogP contribution in [0.25, 0.3) is 11.3 Å². The van der Waals surface area contributed by atoms with Crippen LogP contribution in [0.3, 0.4) is 0 Å². The second kappa shape index (κ2) is 4.62. The molecule has 2 rings (SSSR count). The maximum Gasteiger partial charge on any atom is 0.269 e. The lowest BCUT2D eigenvalue weighted by atomic mass is 10.1. The number of nitrogens with zero attached hydrogens (tertiary/aromatic N) is 1. The van der Waals surface area contributed by atoms with Crippen molar-refractivity contribution >= 4 is 5.69 Å². The van der Waals surface area contributed by atoms with Crippen LogP contribution in [0.1, 0.15) is 24.4 Å². The molecule has 0 amide bonds. The zero-order chi connectivity index (χ0) is 13.3. The van der Waals surface area contributed by atoms with Crippen molar-refractivity contribution in [1.29, 1.82) is 0 Å². The third-order valence-electron chi connectivity index (χ3n) is 2.72. The molecule has 1 aromatic carbocycles. The number of aliphatic hydroxyl groups is 1. The molecule has 0 aliphatic carbocycles. The van der Waals surface area contributed by atoms with E-state index in [2.05, 4.69) is 0 Å². The fraction of sp³-hybridized carbons (Fsp3) is 0.231. The Morgan fingerprint density at radius 3 is 2.56 bits per heavy atom. The minimum absolute atomic E-state index is 0.0542. The van der Waals surface area contributed by atoms with Crippen LogP contribution < -0.4 is 0 Å². The first-order valence-corrected chi connectivity index (χ1v) is 5.52. The van der Waals surface area contributed by atoms with E-state index in [1.807, 2.05) is 0 Å². The number of nitro benzene ring substituents is 1. The maximum atomic E-state index is 10.6. The van der Waals surface area contributed by atoms with E-state index in [9.17, 15) is 15.2 Å². The second-order valence-electron chi connectivity index (χ2n) is 4.13. The predicted octanol–water partition coefficient (Wildman–Crippen LogP) is 3.22. The Bertz CT molecular complexity index is 586. The summed E-state index contributed by atoms with van der Waals surface area (Å²) in [5.74, 6) is 1.07. The summed E-state index contributed by atoms with van der Waals surface area (Å²) in [5, 5.41) is 20.0. The molecule has 1 heterocycles. The Kier molecular flexibility index (Phi) is 3.16. The lowest BCUT2D eigenvalue weighted by Gasteiger charge is -2.03. The van der Waals surface area contributed by atoms with Crippen LogP contribution in [-0.2, 0) is 0 Å². The fourth-order valence-corrected chi connectivity index (χ4v) is 1.76. The van der Waals surface area contributed by atoms with Crippen molar-refractivity contribution < 1.29 is 14.4 Å². The van der Waals surface area contributed by atoms with E-state index in [4.69, 9.17) is 4.42 Å². The summed E-state index contributed by atoms with van der Waals surface area (Å²) in [5.41, 5.74) is 1.60. The zero-order valence-electron chi connectivity index (χ0n) is 10.1. The Balaban J connectivity index is 2.41. The van der Waals surface area contributed by atoms with Crippen molar-refractivity contribution in [3.8, 4) is 11.3 Å². The number of non-ortho nitro benzene ring substituents is 1. The molecule has 1 atom stereocenters. The topological polar surface area (TPSA) is 76.5 Å². The van der Waals surface area contributed by atoms with Gasteiger partial charge >= 0.3 is 0 Å². The van der Waals surface area contributed by atoms with Gasteiger partial charge in [-0.15, -0.1) is 0 Å². The molecule has 94 valence electrons. The molecule has 0 bridgehead atoms. The third kappa shape index (κ3) is 2.26. The van der Waals surface area contributed by atoms with Gasteiger partial charge in [0.15, 0.2) is 0 Å². The highest BCUT2D eigenvalue weighted by molar-refractivity contribution is 5.64. The van der Waals surface area contributed by atoms with Crippen molar-refractivity contribution in [3.05, 3.63) is 51.8 Å². The van der Waals surface area contributed by atoms with Gasteiger partial charge in [0.05, 0.1) is 4.92 Å². The molecule has 1 unspecified atom stereocenters. The van der Waals surface area contributed by atoms with Crippen LogP contribution in [0.2, 0.25) is 0 Å². The summed E-state index contributed by atoms with van der Waals surface area (Å²) < 4.78 is 5.49. The lowest BCUT2D eigenvalue weighted by molar-refractivity contribution is -0.384. The lowest BCUT2D eigenvalue weighted by Crippen LogP contribution is -1.90. The molecule has 0 spiro atoms. The SMILES string of the molecule is Cc1cc([N+](=O)[O-])ccc1-c1ccc(C(C)O)o1. The van der Waals surface area contributed by atoms with Gasteiger partial charge in [-0.3, -0.25) is 10.1 Å². The maximum absolute atomic E-state index is 10.6. The predicted molar refractivity (Wildman–Crippen MR) is 66.2 cm³/mol. The number of aliphatic hydroxyl groups excluding tert-OH is 1. The normalized spacial score (nSPS) is 12.4. The molecular formula is C13H13NO4. The Morgan fingerprint density at radius 2 is 2.06 bits per heavy atom. The Morgan fingerprint density at radius 1 is 1.33 bits per heavy atom. The van der Waals surface area contributed by atoms with Gasteiger partial charge in [-0.25, -0.2) is 0 Å². The molecule has 5 nitrogen and oxygen atoms in total. The highest BCUT2D eigenvalue weighted by Gasteiger charge is 2.13. The highest BCUT2D eigenvalue weighted by atomic mass is 16.6. The van der Waals surface area contributed by atoms with Gasteiger partial charge in [-0.1, -0.05) is 0 Å². The van der Waals surface area contributed by atoms with Crippen LogP contribution >= 0.6 is 0 Å². The van der Waals surface area contributed by atoms with E-state index >= 15 is 0 Å². The molecule has 0 saturated heterocycles. The van der Waals surface area contributed by atoms with Gasteiger partial charge in [0, 0.05) is 17.7 Å². The molecule has 1 aromatic heterocycles. The summed E-state index contributed by atoms with van der Waals surface area (Å²) in [6.07, 6.45) is -0.669. The summed E-state index contributed by atoms with van der Waals surface area (Å²) in [6.45, 7) is 3.40. The van der Waals surface area contributed by atoms with Crippen LogP contribution in [0, 0.1) is 17.0 Å². The van der Waals surface area contributed by atoms with E-state index in [-0.39, 0.29) is 5.69 Å². The number of hydrogen-bond acceptors (Lipinski definition) is 4. The van der Waals surface area contributed by atoms with E-state index in [1.165, 1.54) is 12.1 Å². The van der Waals surface area contributed by atoms with E-state index in [1.54, 1.807) is 32.0 Å². The molecule has 0 radical (unpaired) electrons. The van der Waals surface area contributed by atoms with Crippen LogP contribution in [0.4, 0.5) is 5.69 Å². The first-order chi connectivity index (χ1) is 8.49. The first-order valence-electron chi connectivity index (χ1n) is 5.52. The van der Waals surface area contributed by atoms with Gasteiger partial charge < -0.3 is 9.52 Å². The molecule has 0 aliphatic heterocycles. The molecule has 1 N–H and O–H groups in total. The largest absolute Gasteiger partial charge is 0.458 e. The monoisotopic (exact) mass is 247 g/mol. The second-order valence-corrected chi connectivity index (χ2v) is 4.13. The van der Waals surface area contributed by atoms with E-state index in [0.717, 1.165) is 11.1 Å². The van der Waals surface area contributed by atoms with Crippen LogP contribution in [0.5, 0.6) is 0 Å². The molecule has 18 heavy (non-hydrogen) atoms. The molecule has 5 heteroatoms. The highest BCUT2D eigenvalue weighted by Crippen LogP contribution is 2.29. The number of aryl methyl sites for hydroxylation is 1. The van der Waals surface area contributed by atoms with Crippen LogP contribution in [-0.4, -0.2) is 10.0 Å². The molecule has 2 aromatic rings. The van der Waals surface area contributed by atoms with Gasteiger partial charge in [-0.05, 0) is 37.6 Å². The average molecular weight is 247 g/mol. The van der Waals surface area contributed by atoms with Gasteiger partial charge in [0.25, 0.3) is 5.69 Å². The van der Waals surface area contributed by atoms with Crippen molar-refractivity contribution in [2.45, 2.75) is 20.0 Å². The van der Waals surface area contributed by atoms with Gasteiger partial charge in [0.2, 0.25) is 0 Å². The first kappa shape index (κ1) is 12.3. The number of nitro groups is 1. The summed E-state index contributed by atoms with van der Waals surface area (Å²) in [6, 6.07) is 8.03. The number of rotatable bonds is 3. The molecular weight excluding hydrogens is 234 g/mol. The molecule has 0 saturated carbocycles. The van der Waals surface area contributed by atoms with Crippen molar-refractivity contribution in [2.75, 3.05) is 0 Å². The molecule has 0 aliphatic rings. The van der Waals surface area contributed by atoms with E-state index in [0.29, 0.717) is 11.5 Å².